The van der Waals surface area contributed by atoms with E-state index in [-0.39, 0.29) is 6.54 Å². The third-order valence-electron chi connectivity index (χ3n) is 6.08. The van der Waals surface area contributed by atoms with E-state index in [0.717, 1.165) is 37.4 Å². The van der Waals surface area contributed by atoms with Gasteiger partial charge in [0.1, 0.15) is 23.9 Å². The number of nitrogens with zero attached hydrogens (tertiary/aromatic N) is 6. The van der Waals surface area contributed by atoms with Crippen molar-refractivity contribution >= 4 is 23.3 Å². The van der Waals surface area contributed by atoms with Crippen molar-refractivity contribution in [2.75, 3.05) is 41.7 Å². The average molecular weight is 460 g/mol. The molecule has 0 radical (unpaired) electrons. The van der Waals surface area contributed by atoms with E-state index in [2.05, 4.69) is 42.0 Å². The van der Waals surface area contributed by atoms with Crippen LogP contribution < -0.4 is 20.9 Å². The molecule has 1 atom stereocenters. The molecule has 2 saturated heterocycles. The number of hydrogen-bond acceptors (Lipinski definition) is 9. The highest BCUT2D eigenvalue weighted by Gasteiger charge is 2.25. The zero-order valence-corrected chi connectivity index (χ0v) is 18.7. The molecule has 10 heteroatoms. The summed E-state index contributed by atoms with van der Waals surface area (Å²) in [7, 11) is 0. The molecule has 5 heterocycles. The van der Waals surface area contributed by atoms with E-state index in [0.29, 0.717) is 47.6 Å². The van der Waals surface area contributed by atoms with Crippen molar-refractivity contribution in [2.45, 2.75) is 31.5 Å². The molecule has 3 aromatic heterocycles. The van der Waals surface area contributed by atoms with Crippen LogP contribution in [0.25, 0.3) is 11.3 Å². The quantitative estimate of drug-likeness (QED) is 0.511. The number of aromatic nitrogens is 4. The first kappa shape index (κ1) is 22.0. The van der Waals surface area contributed by atoms with Gasteiger partial charge in [0.05, 0.1) is 29.7 Å². The van der Waals surface area contributed by atoms with Gasteiger partial charge in [-0.05, 0) is 56.6 Å². The Morgan fingerprint density at radius 1 is 1.09 bits per heavy atom. The van der Waals surface area contributed by atoms with E-state index >= 15 is 0 Å². The van der Waals surface area contributed by atoms with Crippen LogP contribution in [0.5, 0.6) is 0 Å². The molecule has 0 aliphatic carbocycles. The van der Waals surface area contributed by atoms with Gasteiger partial charge in [0.2, 0.25) is 5.95 Å². The molecule has 0 aromatic carbocycles. The predicted molar refractivity (Wildman–Crippen MR) is 129 cm³/mol. The first-order chi connectivity index (χ1) is 16.7. The van der Waals surface area contributed by atoms with Gasteiger partial charge < -0.3 is 20.9 Å². The molecule has 2 aliphatic heterocycles. The maximum Gasteiger partial charge on any atom is 0.227 e. The highest BCUT2D eigenvalue weighted by Crippen LogP contribution is 2.27. The van der Waals surface area contributed by atoms with E-state index in [1.165, 1.54) is 0 Å². The molecular formula is C24H26FN9. The summed E-state index contributed by atoms with van der Waals surface area (Å²) in [5.74, 6) is 1.78. The Labute approximate surface area is 197 Å². The summed E-state index contributed by atoms with van der Waals surface area (Å²) in [6.07, 6.45) is 6.81. The minimum Gasteiger partial charge on any atom is -0.367 e. The summed E-state index contributed by atoms with van der Waals surface area (Å²) in [6.45, 7) is 2.87. The number of nitriles is 1. The molecular weight excluding hydrogens is 433 g/mol. The van der Waals surface area contributed by atoms with Gasteiger partial charge in [0, 0.05) is 30.5 Å². The minimum absolute atomic E-state index is 0.267. The summed E-state index contributed by atoms with van der Waals surface area (Å²) < 4.78 is 13.6. The Balaban J connectivity index is 1.28. The van der Waals surface area contributed by atoms with E-state index in [9.17, 15) is 9.65 Å². The van der Waals surface area contributed by atoms with Crippen LogP contribution in [0.2, 0.25) is 0 Å². The molecule has 34 heavy (non-hydrogen) atoms. The predicted octanol–water partition coefficient (Wildman–Crippen LogP) is 3.26. The van der Waals surface area contributed by atoms with Crippen molar-refractivity contribution in [1.82, 2.24) is 25.3 Å². The van der Waals surface area contributed by atoms with E-state index in [1.54, 1.807) is 30.7 Å². The second-order valence-corrected chi connectivity index (χ2v) is 8.53. The molecule has 9 nitrogen and oxygen atoms in total. The third kappa shape index (κ3) is 5.05. The van der Waals surface area contributed by atoms with E-state index in [4.69, 9.17) is 0 Å². The van der Waals surface area contributed by atoms with Crippen molar-refractivity contribution in [2.24, 2.45) is 0 Å². The fraction of sp³-hybridized carbons (Fsp3) is 0.375. The second-order valence-electron chi connectivity index (χ2n) is 8.53. The number of alkyl halides is 1. The van der Waals surface area contributed by atoms with Crippen LogP contribution in [-0.2, 0) is 0 Å². The van der Waals surface area contributed by atoms with Crippen LogP contribution in [0.3, 0.4) is 0 Å². The number of rotatable bonds is 6. The Morgan fingerprint density at radius 2 is 1.97 bits per heavy atom. The van der Waals surface area contributed by atoms with Crippen LogP contribution in [0, 0.1) is 11.3 Å². The van der Waals surface area contributed by atoms with E-state index in [1.807, 2.05) is 17.0 Å². The van der Waals surface area contributed by atoms with Crippen molar-refractivity contribution in [3.8, 4) is 17.3 Å². The second kappa shape index (κ2) is 9.97. The summed E-state index contributed by atoms with van der Waals surface area (Å²) in [4.78, 5) is 19.6. The van der Waals surface area contributed by atoms with Gasteiger partial charge in [-0.15, -0.1) is 0 Å². The highest BCUT2D eigenvalue weighted by molar-refractivity contribution is 5.67. The molecule has 0 spiro atoms. The summed E-state index contributed by atoms with van der Waals surface area (Å²) in [5, 5.41) is 19.6. The van der Waals surface area contributed by atoms with Crippen LogP contribution >= 0.6 is 0 Å². The highest BCUT2D eigenvalue weighted by atomic mass is 19.1. The Kier molecular flexibility index (Phi) is 6.44. The van der Waals surface area contributed by atoms with Gasteiger partial charge in [0.25, 0.3) is 0 Å². The number of pyridine rings is 2. The SMILES string of the molecule is N#Cc1cc(-c2ccnc(Nc3ccc(NC4CCNCC4)nc3)n2)cnc1N1CC[C@H](F)C1. The lowest BCUT2D eigenvalue weighted by atomic mass is 10.1. The maximum atomic E-state index is 13.6. The fourth-order valence-corrected chi connectivity index (χ4v) is 4.28. The Hall–Kier alpha value is -3.84. The average Bonchev–Trinajstić information content (AvgIpc) is 3.31. The standard InChI is InChI=1S/C24H26FN9/c25-18-6-10-34(15-18)23-16(12-26)11-17(13-30-23)21-5-9-28-24(33-21)32-20-1-2-22(29-14-20)31-19-3-7-27-8-4-19/h1-2,5,9,11,13-14,18-19,27H,3-4,6-8,10,15H2,(H,29,31)(H,28,32,33)/t18-/m0/s1. The molecule has 2 fully saturated rings. The zero-order valence-electron chi connectivity index (χ0n) is 18.7. The first-order valence-electron chi connectivity index (χ1n) is 11.5. The zero-order chi connectivity index (χ0) is 23.3. The lowest BCUT2D eigenvalue weighted by molar-refractivity contribution is 0.364. The smallest absolute Gasteiger partial charge is 0.227 e. The fourth-order valence-electron chi connectivity index (χ4n) is 4.28. The van der Waals surface area contributed by atoms with Gasteiger partial charge in [-0.3, -0.25) is 0 Å². The van der Waals surface area contributed by atoms with Crippen LogP contribution in [0.4, 0.5) is 27.7 Å². The number of hydrogen-bond donors (Lipinski definition) is 3. The first-order valence-corrected chi connectivity index (χ1v) is 11.5. The van der Waals surface area contributed by atoms with Crippen molar-refractivity contribution in [3.05, 3.63) is 48.4 Å². The van der Waals surface area contributed by atoms with Crippen molar-refractivity contribution in [3.63, 3.8) is 0 Å². The summed E-state index contributed by atoms with van der Waals surface area (Å²) in [6, 6.07) is 10.0. The van der Waals surface area contributed by atoms with Gasteiger partial charge in [-0.1, -0.05) is 0 Å². The van der Waals surface area contributed by atoms with Crippen LogP contribution in [0.1, 0.15) is 24.8 Å². The Morgan fingerprint density at radius 3 is 2.71 bits per heavy atom. The number of anilines is 4. The molecule has 0 amide bonds. The lowest BCUT2D eigenvalue weighted by Gasteiger charge is -2.24. The number of halogens is 1. The van der Waals surface area contributed by atoms with Crippen LogP contribution in [0.15, 0.2) is 42.9 Å². The third-order valence-corrected chi connectivity index (χ3v) is 6.08. The molecule has 174 valence electrons. The van der Waals surface area contributed by atoms with Gasteiger partial charge in [-0.2, -0.15) is 5.26 Å². The van der Waals surface area contributed by atoms with Gasteiger partial charge in [0.15, 0.2) is 0 Å². The maximum absolute atomic E-state index is 13.6. The molecule has 3 aromatic rings. The molecule has 3 N–H and O–H groups in total. The topological polar surface area (TPSA) is 115 Å². The van der Waals surface area contributed by atoms with Crippen molar-refractivity contribution < 1.29 is 4.39 Å². The van der Waals surface area contributed by atoms with Crippen molar-refractivity contribution in [1.29, 1.82) is 5.26 Å². The molecule has 0 bridgehead atoms. The van der Waals surface area contributed by atoms with Gasteiger partial charge >= 0.3 is 0 Å². The Bertz CT molecular complexity index is 1170. The van der Waals surface area contributed by atoms with E-state index < -0.39 is 6.17 Å². The number of piperidine rings is 1. The number of nitrogens with one attached hydrogen (secondary N) is 3. The van der Waals surface area contributed by atoms with Crippen LogP contribution in [-0.4, -0.2) is 58.3 Å². The largest absolute Gasteiger partial charge is 0.367 e. The monoisotopic (exact) mass is 459 g/mol. The molecule has 5 rings (SSSR count). The molecule has 0 unspecified atom stereocenters. The lowest BCUT2D eigenvalue weighted by Crippen LogP contribution is -2.35. The minimum atomic E-state index is -0.882. The molecule has 2 aliphatic rings. The normalized spacial score (nSPS) is 18.5. The van der Waals surface area contributed by atoms with Gasteiger partial charge in [-0.25, -0.2) is 24.3 Å². The summed E-state index contributed by atoms with van der Waals surface area (Å²) >= 11 is 0. The molecule has 0 saturated carbocycles. The summed E-state index contributed by atoms with van der Waals surface area (Å²) in [5.41, 5.74) is 2.51.